The number of anilines is 1. The summed E-state index contributed by atoms with van der Waals surface area (Å²) in [6.45, 7) is 4.89. The first kappa shape index (κ1) is 21.5. The first-order valence-corrected chi connectivity index (χ1v) is 10.7. The first-order valence-electron chi connectivity index (χ1n) is 10.3. The predicted octanol–water partition coefficient (Wildman–Crippen LogP) is 3.84. The van der Waals surface area contributed by atoms with Crippen molar-refractivity contribution in [3.63, 3.8) is 0 Å². The lowest BCUT2D eigenvalue weighted by atomic mass is 10.1. The van der Waals surface area contributed by atoms with Crippen molar-refractivity contribution in [1.29, 1.82) is 0 Å². The number of thiocarbonyl (C=S) groups is 1. The third-order valence-corrected chi connectivity index (χ3v) is 5.02. The Kier molecular flexibility index (Phi) is 6.76. The molecular formula is C23H25N7OS. The highest BCUT2D eigenvalue weighted by molar-refractivity contribution is 7.80. The van der Waals surface area contributed by atoms with Gasteiger partial charge in [-0.05, 0) is 62.3 Å². The highest BCUT2D eigenvalue weighted by Crippen LogP contribution is 2.18. The Bertz CT molecular complexity index is 1210. The van der Waals surface area contributed by atoms with Gasteiger partial charge in [0.2, 0.25) is 11.9 Å². The lowest BCUT2D eigenvalue weighted by molar-refractivity contribution is 0.503. The molecular weight excluding hydrogens is 422 g/mol. The average Bonchev–Trinajstić information content (AvgIpc) is 3.42. The zero-order valence-electron chi connectivity index (χ0n) is 18.0. The molecule has 32 heavy (non-hydrogen) atoms. The van der Waals surface area contributed by atoms with E-state index in [1.807, 2.05) is 50.4 Å². The zero-order valence-corrected chi connectivity index (χ0v) is 18.8. The number of furan rings is 1. The second kappa shape index (κ2) is 10.1. The number of rotatable bonds is 6. The van der Waals surface area contributed by atoms with Crippen LogP contribution in [0.3, 0.4) is 0 Å². The highest BCUT2D eigenvalue weighted by atomic mass is 32.1. The van der Waals surface area contributed by atoms with Crippen LogP contribution in [0, 0.1) is 13.8 Å². The molecule has 0 amide bonds. The highest BCUT2D eigenvalue weighted by Gasteiger charge is 2.08. The summed E-state index contributed by atoms with van der Waals surface area (Å²) >= 11 is 5.43. The van der Waals surface area contributed by atoms with E-state index in [1.54, 1.807) is 6.26 Å². The average molecular weight is 448 g/mol. The van der Waals surface area contributed by atoms with E-state index in [0.717, 1.165) is 29.1 Å². The molecule has 0 aliphatic rings. The number of guanidine groups is 1. The smallest absolute Gasteiger partial charge is 0.229 e. The van der Waals surface area contributed by atoms with Crippen molar-refractivity contribution >= 4 is 40.1 Å². The molecule has 0 fully saturated rings. The van der Waals surface area contributed by atoms with E-state index < -0.39 is 0 Å². The minimum atomic E-state index is 0.420. The minimum Gasteiger partial charge on any atom is -0.467 e. The Hall–Kier alpha value is -3.72. The summed E-state index contributed by atoms with van der Waals surface area (Å²) in [5.41, 5.74) is 4.08. The lowest BCUT2D eigenvalue weighted by Gasteiger charge is -2.14. The summed E-state index contributed by atoms with van der Waals surface area (Å²) < 4.78 is 5.33. The van der Waals surface area contributed by atoms with E-state index in [0.29, 0.717) is 30.1 Å². The van der Waals surface area contributed by atoms with Crippen LogP contribution in [0.1, 0.15) is 22.7 Å². The van der Waals surface area contributed by atoms with Gasteiger partial charge < -0.3 is 20.0 Å². The molecule has 0 saturated heterocycles. The molecule has 0 saturated carbocycles. The summed E-state index contributed by atoms with van der Waals surface area (Å²) in [5.74, 6) is 1.74. The Labute approximate surface area is 191 Å². The fraction of sp³-hybridized carbons (Fsp3) is 0.217. The topological polar surface area (TPSA) is 103 Å². The van der Waals surface area contributed by atoms with Gasteiger partial charge in [-0.3, -0.25) is 10.3 Å². The van der Waals surface area contributed by atoms with Crippen molar-refractivity contribution in [2.45, 2.75) is 26.8 Å². The summed E-state index contributed by atoms with van der Waals surface area (Å²) in [4.78, 5) is 16.9. The van der Waals surface area contributed by atoms with Gasteiger partial charge in [0.15, 0.2) is 5.11 Å². The molecule has 4 aromatic rings. The molecule has 0 aliphatic carbocycles. The number of hydrogen-bond donors (Lipinski definition) is 4. The van der Waals surface area contributed by atoms with E-state index in [-0.39, 0.29) is 0 Å². The van der Waals surface area contributed by atoms with Crippen molar-refractivity contribution < 1.29 is 4.42 Å². The predicted molar refractivity (Wildman–Crippen MR) is 131 cm³/mol. The van der Waals surface area contributed by atoms with E-state index in [9.17, 15) is 0 Å². The SMILES string of the molecule is Cc1cc(C)nc(NC(=NCCc2c[nH]c3ccccc23)NC(=S)NCc2ccco2)n1. The first-order chi connectivity index (χ1) is 15.6. The number of para-hydroxylation sites is 1. The molecule has 0 unspecified atom stereocenters. The fourth-order valence-electron chi connectivity index (χ4n) is 3.36. The maximum absolute atomic E-state index is 5.43. The van der Waals surface area contributed by atoms with Crippen LogP contribution in [0.15, 0.2) is 64.3 Å². The number of fused-ring (bicyclic) bond motifs is 1. The number of nitrogens with zero attached hydrogens (tertiary/aromatic N) is 3. The Morgan fingerprint density at radius 1 is 1.12 bits per heavy atom. The third-order valence-electron chi connectivity index (χ3n) is 4.77. The molecule has 164 valence electrons. The molecule has 9 heteroatoms. The van der Waals surface area contributed by atoms with Crippen LogP contribution in [-0.2, 0) is 13.0 Å². The molecule has 3 aromatic heterocycles. The molecule has 0 atom stereocenters. The molecule has 0 bridgehead atoms. The second-order valence-corrected chi connectivity index (χ2v) is 7.73. The Balaban J connectivity index is 1.45. The molecule has 1 aromatic carbocycles. The third kappa shape index (κ3) is 5.70. The summed E-state index contributed by atoms with van der Waals surface area (Å²) in [5, 5.41) is 11.0. The number of H-pyrrole nitrogens is 1. The number of benzene rings is 1. The fourth-order valence-corrected chi connectivity index (χ4v) is 3.53. The Morgan fingerprint density at radius 2 is 1.94 bits per heavy atom. The maximum atomic E-state index is 5.43. The molecule has 3 heterocycles. The largest absolute Gasteiger partial charge is 0.467 e. The van der Waals surface area contributed by atoms with Gasteiger partial charge >= 0.3 is 0 Å². The van der Waals surface area contributed by atoms with Crippen molar-refractivity contribution in [1.82, 2.24) is 25.6 Å². The quantitative estimate of drug-likeness (QED) is 0.202. The molecule has 0 aliphatic heterocycles. The van der Waals surface area contributed by atoms with E-state index >= 15 is 0 Å². The van der Waals surface area contributed by atoms with Gasteiger partial charge in [0.25, 0.3) is 0 Å². The van der Waals surface area contributed by atoms with Crippen molar-refractivity contribution in [3.05, 3.63) is 77.6 Å². The van der Waals surface area contributed by atoms with Gasteiger partial charge in [-0.25, -0.2) is 9.97 Å². The monoisotopic (exact) mass is 447 g/mol. The van der Waals surface area contributed by atoms with Crippen LogP contribution in [0.25, 0.3) is 10.9 Å². The van der Waals surface area contributed by atoms with Crippen LogP contribution < -0.4 is 16.0 Å². The molecule has 8 nitrogen and oxygen atoms in total. The number of nitrogens with one attached hydrogen (secondary N) is 4. The van der Waals surface area contributed by atoms with E-state index in [1.165, 1.54) is 10.9 Å². The summed E-state index contributed by atoms with van der Waals surface area (Å²) in [6, 6.07) is 13.9. The van der Waals surface area contributed by atoms with Crippen molar-refractivity contribution in [2.75, 3.05) is 11.9 Å². The zero-order chi connectivity index (χ0) is 22.3. The second-order valence-electron chi connectivity index (χ2n) is 7.33. The lowest BCUT2D eigenvalue weighted by Crippen LogP contribution is -2.42. The maximum Gasteiger partial charge on any atom is 0.229 e. The van der Waals surface area contributed by atoms with Crippen molar-refractivity contribution in [3.8, 4) is 0 Å². The van der Waals surface area contributed by atoms with Gasteiger partial charge in [0.05, 0.1) is 12.8 Å². The van der Waals surface area contributed by atoms with Crippen LogP contribution >= 0.6 is 12.2 Å². The van der Waals surface area contributed by atoms with Gasteiger partial charge in [0, 0.05) is 35.0 Å². The standard InChI is InChI=1S/C23H25N7OS/c1-15-12-16(2)28-22(27-15)29-21(30-23(32)26-14-18-6-5-11-31-18)24-10-9-17-13-25-20-8-4-3-7-19(17)20/h3-8,11-13,25H,9-10,14H2,1-2H3,(H3,24,26,27,28,29,30,32). The number of aromatic nitrogens is 3. The van der Waals surface area contributed by atoms with Crippen LogP contribution in [0.5, 0.6) is 0 Å². The minimum absolute atomic E-state index is 0.420. The number of hydrogen-bond acceptors (Lipinski definition) is 5. The summed E-state index contributed by atoms with van der Waals surface area (Å²) in [7, 11) is 0. The molecule has 0 radical (unpaired) electrons. The van der Waals surface area contributed by atoms with Crippen LogP contribution in [-0.4, -0.2) is 32.6 Å². The van der Waals surface area contributed by atoms with Crippen molar-refractivity contribution in [2.24, 2.45) is 4.99 Å². The number of aromatic amines is 1. The van der Waals surface area contributed by atoms with Gasteiger partial charge in [-0.15, -0.1) is 0 Å². The van der Waals surface area contributed by atoms with E-state index in [4.69, 9.17) is 21.6 Å². The Morgan fingerprint density at radius 3 is 2.72 bits per heavy atom. The number of aliphatic imine (C=N–C) groups is 1. The molecule has 4 N–H and O–H groups in total. The molecule has 4 rings (SSSR count). The van der Waals surface area contributed by atoms with Crippen LogP contribution in [0.4, 0.5) is 5.95 Å². The summed E-state index contributed by atoms with van der Waals surface area (Å²) in [6.07, 6.45) is 4.44. The van der Waals surface area contributed by atoms with Crippen LogP contribution in [0.2, 0.25) is 0 Å². The van der Waals surface area contributed by atoms with Gasteiger partial charge in [-0.2, -0.15) is 0 Å². The van der Waals surface area contributed by atoms with Gasteiger partial charge in [-0.1, -0.05) is 18.2 Å². The number of aryl methyl sites for hydroxylation is 2. The van der Waals surface area contributed by atoms with Gasteiger partial charge in [0.1, 0.15) is 5.76 Å². The van der Waals surface area contributed by atoms with E-state index in [2.05, 4.69) is 43.0 Å². The molecule has 0 spiro atoms. The normalized spacial score (nSPS) is 11.5.